The maximum absolute atomic E-state index is 6.00. The third-order valence-corrected chi connectivity index (χ3v) is 3.49. The number of likely N-dealkylation sites (tertiary alicyclic amines) is 1. The molecule has 0 aromatic carbocycles. The first-order valence-corrected chi connectivity index (χ1v) is 6.32. The quantitative estimate of drug-likeness (QED) is 0.765. The van der Waals surface area contributed by atoms with Crippen LogP contribution in [0.25, 0.3) is 10.9 Å². The fourth-order valence-corrected chi connectivity index (χ4v) is 2.57. The van der Waals surface area contributed by atoms with Gasteiger partial charge in [-0.1, -0.05) is 11.6 Å². The van der Waals surface area contributed by atoms with Gasteiger partial charge < -0.3 is 0 Å². The highest BCUT2D eigenvalue weighted by Crippen LogP contribution is 2.20. The van der Waals surface area contributed by atoms with Crippen molar-refractivity contribution in [2.24, 2.45) is 0 Å². The van der Waals surface area contributed by atoms with Crippen LogP contribution in [0.2, 0.25) is 5.15 Å². The van der Waals surface area contributed by atoms with Gasteiger partial charge in [-0.05, 0) is 43.6 Å². The molecule has 0 bridgehead atoms. The van der Waals surface area contributed by atoms with Crippen molar-refractivity contribution in [3.63, 3.8) is 0 Å². The summed E-state index contributed by atoms with van der Waals surface area (Å²) in [4.78, 5) is 10.9. The summed E-state index contributed by atoms with van der Waals surface area (Å²) in [7, 11) is 0. The summed E-state index contributed by atoms with van der Waals surface area (Å²) in [6.45, 7) is 3.40. The molecule has 0 atom stereocenters. The van der Waals surface area contributed by atoms with E-state index >= 15 is 0 Å². The molecule has 0 radical (unpaired) electrons. The van der Waals surface area contributed by atoms with Gasteiger partial charge in [-0.25, -0.2) is 4.98 Å². The van der Waals surface area contributed by atoms with E-state index in [1.807, 2.05) is 12.3 Å². The molecule has 1 aliphatic heterocycles. The molecule has 17 heavy (non-hydrogen) atoms. The first-order valence-electron chi connectivity index (χ1n) is 5.94. The SMILES string of the molecule is Clc1nccc2cc(CN3CCCC3)cnc12. The van der Waals surface area contributed by atoms with Crippen molar-refractivity contribution in [1.29, 1.82) is 0 Å². The molecule has 2 aromatic heterocycles. The standard InChI is InChI=1S/C13H14ClN3/c14-13-12-11(3-4-15-13)7-10(8-16-12)9-17-5-1-2-6-17/h3-4,7-8H,1-2,5-6,9H2. The van der Waals surface area contributed by atoms with Crippen molar-refractivity contribution in [2.75, 3.05) is 13.1 Å². The Balaban J connectivity index is 1.90. The van der Waals surface area contributed by atoms with Gasteiger partial charge in [-0.15, -0.1) is 0 Å². The molecule has 1 fully saturated rings. The van der Waals surface area contributed by atoms with Gasteiger partial charge >= 0.3 is 0 Å². The second kappa shape index (κ2) is 4.59. The van der Waals surface area contributed by atoms with Crippen LogP contribution < -0.4 is 0 Å². The number of hydrogen-bond donors (Lipinski definition) is 0. The number of pyridine rings is 2. The predicted octanol–water partition coefficient (Wildman–Crippen LogP) is 2.88. The van der Waals surface area contributed by atoms with E-state index in [2.05, 4.69) is 20.9 Å². The molecule has 3 rings (SSSR count). The van der Waals surface area contributed by atoms with Crippen molar-refractivity contribution in [2.45, 2.75) is 19.4 Å². The molecule has 0 aliphatic carbocycles. The molecule has 3 nitrogen and oxygen atoms in total. The topological polar surface area (TPSA) is 29.0 Å². The number of hydrogen-bond acceptors (Lipinski definition) is 3. The average molecular weight is 248 g/mol. The fraction of sp³-hybridized carbons (Fsp3) is 0.385. The minimum absolute atomic E-state index is 0.482. The monoisotopic (exact) mass is 247 g/mol. The summed E-state index contributed by atoms with van der Waals surface area (Å²) in [5.74, 6) is 0. The molecule has 2 aromatic rings. The fourth-order valence-electron chi connectivity index (χ4n) is 2.36. The summed E-state index contributed by atoms with van der Waals surface area (Å²) in [6.07, 6.45) is 6.27. The molecule has 0 amide bonds. The lowest BCUT2D eigenvalue weighted by molar-refractivity contribution is 0.331. The lowest BCUT2D eigenvalue weighted by atomic mass is 10.2. The van der Waals surface area contributed by atoms with Gasteiger partial charge in [0.25, 0.3) is 0 Å². The van der Waals surface area contributed by atoms with Crippen molar-refractivity contribution in [1.82, 2.24) is 14.9 Å². The summed E-state index contributed by atoms with van der Waals surface area (Å²) >= 11 is 6.00. The van der Waals surface area contributed by atoms with E-state index < -0.39 is 0 Å². The van der Waals surface area contributed by atoms with Gasteiger partial charge in [-0.3, -0.25) is 9.88 Å². The maximum atomic E-state index is 6.00. The molecule has 0 spiro atoms. The summed E-state index contributed by atoms with van der Waals surface area (Å²) in [5.41, 5.74) is 2.04. The number of fused-ring (bicyclic) bond motifs is 1. The van der Waals surface area contributed by atoms with Crippen LogP contribution in [0.15, 0.2) is 24.5 Å². The zero-order chi connectivity index (χ0) is 11.7. The van der Waals surface area contributed by atoms with Gasteiger partial charge in [0.1, 0.15) is 5.52 Å². The maximum Gasteiger partial charge on any atom is 0.155 e. The Hall–Kier alpha value is -1.19. The normalized spacial score (nSPS) is 16.8. The minimum Gasteiger partial charge on any atom is -0.299 e. The van der Waals surface area contributed by atoms with E-state index in [-0.39, 0.29) is 0 Å². The van der Waals surface area contributed by atoms with Crippen LogP contribution in [0.3, 0.4) is 0 Å². The number of nitrogens with zero attached hydrogens (tertiary/aromatic N) is 3. The summed E-state index contributed by atoms with van der Waals surface area (Å²) in [5, 5.41) is 1.55. The Bertz CT molecular complexity index is 535. The lowest BCUT2D eigenvalue weighted by Crippen LogP contribution is -2.18. The van der Waals surface area contributed by atoms with E-state index in [1.54, 1.807) is 6.20 Å². The highest BCUT2D eigenvalue weighted by Gasteiger charge is 2.12. The van der Waals surface area contributed by atoms with Gasteiger partial charge in [0, 0.05) is 24.3 Å². The molecule has 0 unspecified atom stereocenters. The van der Waals surface area contributed by atoms with Crippen LogP contribution in [0.5, 0.6) is 0 Å². The largest absolute Gasteiger partial charge is 0.299 e. The lowest BCUT2D eigenvalue weighted by Gasteiger charge is -2.14. The zero-order valence-corrected chi connectivity index (χ0v) is 10.3. The third-order valence-electron chi connectivity index (χ3n) is 3.22. The predicted molar refractivity (Wildman–Crippen MR) is 69.1 cm³/mol. The number of halogens is 1. The Morgan fingerprint density at radius 2 is 2.06 bits per heavy atom. The van der Waals surface area contributed by atoms with Gasteiger partial charge in [-0.2, -0.15) is 0 Å². The van der Waals surface area contributed by atoms with Crippen LogP contribution in [-0.4, -0.2) is 28.0 Å². The van der Waals surface area contributed by atoms with Crippen molar-refractivity contribution in [3.05, 3.63) is 35.2 Å². The molecular formula is C13H14ClN3. The second-order valence-electron chi connectivity index (χ2n) is 4.50. The van der Waals surface area contributed by atoms with E-state index in [4.69, 9.17) is 11.6 Å². The molecule has 1 aliphatic rings. The first-order chi connectivity index (χ1) is 8.33. The summed E-state index contributed by atoms with van der Waals surface area (Å²) in [6, 6.07) is 4.12. The van der Waals surface area contributed by atoms with Crippen LogP contribution in [0, 0.1) is 0 Å². The molecule has 0 saturated carbocycles. The Morgan fingerprint density at radius 3 is 2.88 bits per heavy atom. The van der Waals surface area contributed by atoms with E-state index in [0.29, 0.717) is 5.15 Å². The minimum atomic E-state index is 0.482. The number of rotatable bonds is 2. The third kappa shape index (κ3) is 2.26. The van der Waals surface area contributed by atoms with Crippen LogP contribution in [0.1, 0.15) is 18.4 Å². The van der Waals surface area contributed by atoms with Gasteiger partial charge in [0.2, 0.25) is 0 Å². The Labute approximate surface area is 105 Å². The van der Waals surface area contributed by atoms with Crippen LogP contribution in [-0.2, 0) is 6.54 Å². The van der Waals surface area contributed by atoms with E-state index in [9.17, 15) is 0 Å². The van der Waals surface area contributed by atoms with Crippen molar-refractivity contribution < 1.29 is 0 Å². The highest BCUT2D eigenvalue weighted by molar-refractivity contribution is 6.33. The van der Waals surface area contributed by atoms with E-state index in [0.717, 1.165) is 17.4 Å². The molecule has 4 heteroatoms. The first kappa shape index (κ1) is 10.9. The molecule has 3 heterocycles. The molecule has 1 saturated heterocycles. The van der Waals surface area contributed by atoms with Crippen molar-refractivity contribution >= 4 is 22.5 Å². The van der Waals surface area contributed by atoms with Crippen LogP contribution in [0.4, 0.5) is 0 Å². The average Bonchev–Trinajstić information content (AvgIpc) is 2.82. The van der Waals surface area contributed by atoms with Crippen LogP contribution >= 0.6 is 11.6 Å². The van der Waals surface area contributed by atoms with Gasteiger partial charge in [0.05, 0.1) is 0 Å². The molecule has 88 valence electrons. The second-order valence-corrected chi connectivity index (χ2v) is 4.86. The van der Waals surface area contributed by atoms with E-state index in [1.165, 1.54) is 31.5 Å². The number of aromatic nitrogens is 2. The Kier molecular flexibility index (Phi) is 2.95. The smallest absolute Gasteiger partial charge is 0.155 e. The zero-order valence-electron chi connectivity index (χ0n) is 9.56. The summed E-state index contributed by atoms with van der Waals surface area (Å²) < 4.78 is 0. The molecular weight excluding hydrogens is 234 g/mol. The Morgan fingerprint density at radius 1 is 1.24 bits per heavy atom. The highest BCUT2D eigenvalue weighted by atomic mass is 35.5. The van der Waals surface area contributed by atoms with Gasteiger partial charge in [0.15, 0.2) is 5.15 Å². The van der Waals surface area contributed by atoms with Crippen molar-refractivity contribution in [3.8, 4) is 0 Å². The molecule has 0 N–H and O–H groups in total.